The third-order valence-corrected chi connectivity index (χ3v) is 2.66. The molecule has 0 aliphatic heterocycles. The SMILES string of the molecule is Nc1cccc(OCCCCCCCC(=O)O)c1. The minimum atomic E-state index is -0.708. The van der Waals surface area contributed by atoms with Crippen LogP contribution < -0.4 is 10.5 Å². The number of hydrogen-bond acceptors (Lipinski definition) is 3. The lowest BCUT2D eigenvalue weighted by molar-refractivity contribution is -0.137. The third-order valence-electron chi connectivity index (χ3n) is 2.66. The molecule has 3 N–H and O–H groups in total. The van der Waals surface area contributed by atoms with E-state index in [9.17, 15) is 4.79 Å². The first-order valence-electron chi connectivity index (χ1n) is 6.38. The van der Waals surface area contributed by atoms with E-state index in [0.29, 0.717) is 12.3 Å². The molecule has 0 heterocycles. The van der Waals surface area contributed by atoms with Crippen LogP contribution in [0.25, 0.3) is 0 Å². The van der Waals surface area contributed by atoms with Crippen LogP contribution in [0.3, 0.4) is 0 Å². The summed E-state index contributed by atoms with van der Waals surface area (Å²) in [6.07, 6.45) is 5.15. The van der Waals surface area contributed by atoms with Crippen molar-refractivity contribution in [2.24, 2.45) is 0 Å². The van der Waals surface area contributed by atoms with Gasteiger partial charge in [0.2, 0.25) is 0 Å². The van der Waals surface area contributed by atoms with Crippen molar-refractivity contribution in [1.82, 2.24) is 0 Å². The lowest BCUT2D eigenvalue weighted by atomic mass is 10.1. The number of rotatable bonds is 9. The maximum absolute atomic E-state index is 10.3. The topological polar surface area (TPSA) is 72.5 Å². The molecule has 0 unspecified atom stereocenters. The second-order valence-electron chi connectivity index (χ2n) is 4.33. The van der Waals surface area contributed by atoms with Gasteiger partial charge >= 0.3 is 5.97 Å². The Bertz CT molecular complexity index is 366. The first-order valence-corrected chi connectivity index (χ1v) is 6.38. The molecule has 100 valence electrons. The molecule has 0 amide bonds. The van der Waals surface area contributed by atoms with Gasteiger partial charge in [-0.15, -0.1) is 0 Å². The number of unbranched alkanes of at least 4 members (excludes halogenated alkanes) is 4. The Hall–Kier alpha value is -1.71. The standard InChI is InChI=1S/C14H21NO3/c15-12-7-6-8-13(11-12)18-10-5-3-1-2-4-9-14(16)17/h6-8,11H,1-5,9-10,15H2,(H,16,17). The summed E-state index contributed by atoms with van der Waals surface area (Å²) in [5.74, 6) is 0.0980. The number of carboxylic acid groups (broad SMARTS) is 1. The van der Waals surface area contributed by atoms with Gasteiger partial charge in [0, 0.05) is 18.2 Å². The summed E-state index contributed by atoms with van der Waals surface area (Å²) in [6.45, 7) is 0.683. The highest BCUT2D eigenvalue weighted by Gasteiger charge is 1.97. The van der Waals surface area contributed by atoms with E-state index in [-0.39, 0.29) is 6.42 Å². The van der Waals surface area contributed by atoms with Crippen LogP contribution >= 0.6 is 0 Å². The van der Waals surface area contributed by atoms with E-state index in [1.165, 1.54) is 0 Å². The Labute approximate surface area is 108 Å². The first-order chi connectivity index (χ1) is 8.68. The van der Waals surface area contributed by atoms with Gasteiger partial charge in [-0.3, -0.25) is 4.79 Å². The Kier molecular flexibility index (Phi) is 6.69. The van der Waals surface area contributed by atoms with E-state index in [0.717, 1.165) is 37.9 Å². The lowest BCUT2D eigenvalue weighted by Gasteiger charge is -2.06. The Balaban J connectivity index is 1.97. The second-order valence-corrected chi connectivity index (χ2v) is 4.33. The fourth-order valence-corrected chi connectivity index (χ4v) is 1.70. The molecular formula is C14H21NO3. The van der Waals surface area contributed by atoms with Gasteiger partial charge < -0.3 is 15.6 Å². The summed E-state index contributed by atoms with van der Waals surface area (Å²) < 4.78 is 5.56. The van der Waals surface area contributed by atoms with Crippen LogP contribution in [0.5, 0.6) is 5.75 Å². The first kappa shape index (κ1) is 14.4. The third kappa shape index (κ3) is 6.78. The van der Waals surface area contributed by atoms with Crippen LogP contribution in [0.4, 0.5) is 5.69 Å². The highest BCUT2D eigenvalue weighted by molar-refractivity contribution is 5.66. The quantitative estimate of drug-likeness (QED) is 0.522. The van der Waals surface area contributed by atoms with E-state index in [1.54, 1.807) is 0 Å². The summed E-state index contributed by atoms with van der Waals surface area (Å²) in [6, 6.07) is 7.40. The Morgan fingerprint density at radius 3 is 2.61 bits per heavy atom. The van der Waals surface area contributed by atoms with Crippen molar-refractivity contribution >= 4 is 11.7 Å². The van der Waals surface area contributed by atoms with Gasteiger partial charge in [0.25, 0.3) is 0 Å². The van der Waals surface area contributed by atoms with Crippen molar-refractivity contribution in [3.63, 3.8) is 0 Å². The number of benzene rings is 1. The van der Waals surface area contributed by atoms with Gasteiger partial charge in [0.1, 0.15) is 5.75 Å². The van der Waals surface area contributed by atoms with Crippen molar-refractivity contribution in [1.29, 1.82) is 0 Å². The molecule has 0 aliphatic rings. The molecule has 0 atom stereocenters. The maximum Gasteiger partial charge on any atom is 0.303 e. The summed E-state index contributed by atoms with van der Waals surface area (Å²) >= 11 is 0. The van der Waals surface area contributed by atoms with Crippen molar-refractivity contribution in [3.8, 4) is 5.75 Å². The monoisotopic (exact) mass is 251 g/mol. The predicted octanol–water partition coefficient (Wildman–Crippen LogP) is 3.07. The molecule has 1 aromatic carbocycles. The van der Waals surface area contributed by atoms with Crippen LogP contribution in [0.1, 0.15) is 38.5 Å². The van der Waals surface area contributed by atoms with E-state index < -0.39 is 5.97 Å². The molecule has 0 fully saturated rings. The number of ether oxygens (including phenoxy) is 1. The largest absolute Gasteiger partial charge is 0.494 e. The van der Waals surface area contributed by atoms with Gasteiger partial charge in [0.05, 0.1) is 6.61 Å². The average molecular weight is 251 g/mol. The van der Waals surface area contributed by atoms with Crippen LogP contribution in [-0.2, 0) is 4.79 Å². The number of nitrogen functional groups attached to an aromatic ring is 1. The van der Waals surface area contributed by atoms with Gasteiger partial charge in [-0.1, -0.05) is 25.3 Å². The molecule has 4 nitrogen and oxygen atoms in total. The van der Waals surface area contributed by atoms with E-state index in [2.05, 4.69) is 0 Å². The summed E-state index contributed by atoms with van der Waals surface area (Å²) in [5.41, 5.74) is 6.35. The molecule has 1 aromatic rings. The van der Waals surface area contributed by atoms with E-state index in [4.69, 9.17) is 15.6 Å². The van der Waals surface area contributed by atoms with Gasteiger partial charge in [-0.2, -0.15) is 0 Å². The highest BCUT2D eigenvalue weighted by Crippen LogP contribution is 2.15. The summed E-state index contributed by atoms with van der Waals surface area (Å²) in [5, 5.41) is 8.47. The van der Waals surface area contributed by atoms with Crippen molar-refractivity contribution in [3.05, 3.63) is 24.3 Å². The number of carbonyl (C=O) groups is 1. The Morgan fingerprint density at radius 1 is 1.17 bits per heavy atom. The molecule has 0 saturated carbocycles. The maximum atomic E-state index is 10.3. The molecular weight excluding hydrogens is 230 g/mol. The average Bonchev–Trinajstić information content (AvgIpc) is 2.32. The molecule has 0 aromatic heterocycles. The molecule has 0 radical (unpaired) electrons. The minimum Gasteiger partial charge on any atom is -0.494 e. The summed E-state index contributed by atoms with van der Waals surface area (Å²) in [4.78, 5) is 10.3. The molecule has 18 heavy (non-hydrogen) atoms. The minimum absolute atomic E-state index is 0.278. The fourth-order valence-electron chi connectivity index (χ4n) is 1.70. The summed E-state index contributed by atoms with van der Waals surface area (Å²) in [7, 11) is 0. The van der Waals surface area contributed by atoms with Crippen molar-refractivity contribution in [2.75, 3.05) is 12.3 Å². The van der Waals surface area contributed by atoms with Crippen molar-refractivity contribution in [2.45, 2.75) is 38.5 Å². The number of hydrogen-bond donors (Lipinski definition) is 2. The molecule has 0 saturated heterocycles. The predicted molar refractivity (Wildman–Crippen MR) is 71.7 cm³/mol. The van der Waals surface area contributed by atoms with Gasteiger partial charge in [-0.25, -0.2) is 0 Å². The van der Waals surface area contributed by atoms with Crippen LogP contribution in [0.15, 0.2) is 24.3 Å². The molecule has 0 bridgehead atoms. The number of nitrogens with two attached hydrogens (primary N) is 1. The Morgan fingerprint density at radius 2 is 1.89 bits per heavy atom. The zero-order valence-electron chi connectivity index (χ0n) is 10.6. The van der Waals surface area contributed by atoms with Gasteiger partial charge in [0.15, 0.2) is 0 Å². The molecule has 0 spiro atoms. The molecule has 4 heteroatoms. The second kappa shape index (κ2) is 8.39. The van der Waals surface area contributed by atoms with Crippen LogP contribution in [0, 0.1) is 0 Å². The molecule has 0 aliphatic carbocycles. The molecule has 1 rings (SSSR count). The highest BCUT2D eigenvalue weighted by atomic mass is 16.5. The fraction of sp³-hybridized carbons (Fsp3) is 0.500. The van der Waals surface area contributed by atoms with E-state index in [1.807, 2.05) is 24.3 Å². The number of anilines is 1. The normalized spacial score (nSPS) is 10.2. The smallest absolute Gasteiger partial charge is 0.303 e. The number of aliphatic carboxylic acids is 1. The zero-order chi connectivity index (χ0) is 13.2. The van der Waals surface area contributed by atoms with E-state index >= 15 is 0 Å². The van der Waals surface area contributed by atoms with Crippen LogP contribution in [0.2, 0.25) is 0 Å². The zero-order valence-corrected chi connectivity index (χ0v) is 10.6. The number of carboxylic acids is 1. The van der Waals surface area contributed by atoms with Crippen molar-refractivity contribution < 1.29 is 14.6 Å². The van der Waals surface area contributed by atoms with Gasteiger partial charge in [-0.05, 0) is 25.0 Å². The van der Waals surface area contributed by atoms with Crippen LogP contribution in [-0.4, -0.2) is 17.7 Å². The lowest BCUT2D eigenvalue weighted by Crippen LogP contribution is -1.98.